The molecule has 3 heterocycles. The molecule has 0 spiro atoms. The number of sulfonamides is 1. The van der Waals surface area contributed by atoms with Gasteiger partial charge in [-0.05, 0) is 37.1 Å². The second-order valence-corrected chi connectivity index (χ2v) is 9.35. The standard InChI is InChI=1S/C18H18N4O5S/c23-17-6-4-14(12-1-2-12)20-22(17)10-11-8-21(9-11)28(25,26)13-3-5-16-15(7-13)19-18(24)27-16/h3-7,11-12H,1-2,8-10H2,(H,19,24). The van der Waals surface area contributed by atoms with Crippen LogP contribution in [0, 0.1) is 5.92 Å². The highest BCUT2D eigenvalue weighted by molar-refractivity contribution is 7.89. The molecule has 0 unspecified atom stereocenters. The number of oxazole rings is 1. The SMILES string of the molecule is O=c1[nH]c2cc(S(=O)(=O)N3CC(Cn4nc(C5CC5)ccc4=O)C3)ccc2o1. The maximum Gasteiger partial charge on any atom is 0.417 e. The third kappa shape index (κ3) is 2.98. The Bertz CT molecular complexity index is 1280. The van der Waals surface area contributed by atoms with E-state index in [0.717, 1.165) is 18.5 Å². The van der Waals surface area contributed by atoms with E-state index in [-0.39, 0.29) is 16.4 Å². The average Bonchev–Trinajstić information content (AvgIpc) is 3.39. The van der Waals surface area contributed by atoms with Gasteiger partial charge in [0.2, 0.25) is 10.0 Å². The van der Waals surface area contributed by atoms with Gasteiger partial charge in [0.05, 0.1) is 22.7 Å². The minimum Gasteiger partial charge on any atom is -0.408 e. The van der Waals surface area contributed by atoms with Crippen molar-refractivity contribution in [3.63, 3.8) is 0 Å². The monoisotopic (exact) mass is 402 g/mol. The van der Waals surface area contributed by atoms with Crippen LogP contribution in [-0.2, 0) is 16.6 Å². The van der Waals surface area contributed by atoms with Crippen LogP contribution in [0.3, 0.4) is 0 Å². The van der Waals surface area contributed by atoms with E-state index < -0.39 is 15.8 Å². The van der Waals surface area contributed by atoms with Crippen molar-refractivity contribution in [3.05, 3.63) is 56.9 Å². The molecule has 9 nitrogen and oxygen atoms in total. The molecule has 1 aromatic carbocycles. The summed E-state index contributed by atoms with van der Waals surface area (Å²) < 4.78 is 33.3. The first-order valence-corrected chi connectivity index (χ1v) is 10.6. The molecular weight excluding hydrogens is 384 g/mol. The van der Waals surface area contributed by atoms with Crippen LogP contribution >= 0.6 is 0 Å². The molecule has 0 atom stereocenters. The lowest BCUT2D eigenvalue weighted by Gasteiger charge is -2.38. The van der Waals surface area contributed by atoms with Gasteiger partial charge in [0.1, 0.15) is 0 Å². The molecule has 5 rings (SSSR count). The van der Waals surface area contributed by atoms with E-state index in [4.69, 9.17) is 4.42 Å². The molecule has 146 valence electrons. The largest absolute Gasteiger partial charge is 0.417 e. The van der Waals surface area contributed by atoms with Crippen molar-refractivity contribution in [3.8, 4) is 0 Å². The zero-order valence-corrected chi connectivity index (χ0v) is 15.7. The summed E-state index contributed by atoms with van der Waals surface area (Å²) in [5.41, 5.74) is 1.42. The molecule has 1 N–H and O–H groups in total. The summed E-state index contributed by atoms with van der Waals surface area (Å²) in [5.74, 6) is -0.138. The molecule has 2 aliphatic rings. The fourth-order valence-electron chi connectivity index (χ4n) is 3.51. The molecule has 1 saturated carbocycles. The molecule has 3 aromatic rings. The van der Waals surface area contributed by atoms with Gasteiger partial charge in [-0.1, -0.05) is 0 Å². The number of benzene rings is 1. The number of nitrogens with one attached hydrogen (secondary N) is 1. The van der Waals surface area contributed by atoms with Crippen LogP contribution in [0.15, 0.2) is 49.2 Å². The molecule has 0 amide bonds. The van der Waals surface area contributed by atoms with E-state index in [0.29, 0.717) is 36.7 Å². The van der Waals surface area contributed by atoms with Crippen molar-refractivity contribution < 1.29 is 12.8 Å². The summed E-state index contributed by atoms with van der Waals surface area (Å²) in [6, 6.07) is 7.60. The topological polar surface area (TPSA) is 118 Å². The predicted molar refractivity (Wildman–Crippen MR) is 99.6 cm³/mol. The fourth-order valence-corrected chi connectivity index (χ4v) is 5.13. The molecule has 0 bridgehead atoms. The lowest BCUT2D eigenvalue weighted by molar-refractivity contribution is 0.172. The van der Waals surface area contributed by atoms with E-state index in [1.807, 2.05) is 0 Å². The Hall–Kier alpha value is -2.72. The first-order valence-electron chi connectivity index (χ1n) is 9.11. The van der Waals surface area contributed by atoms with Crippen molar-refractivity contribution in [2.75, 3.05) is 13.1 Å². The van der Waals surface area contributed by atoms with Crippen LogP contribution < -0.4 is 11.3 Å². The van der Waals surface area contributed by atoms with Gasteiger partial charge in [-0.25, -0.2) is 17.9 Å². The minimum absolute atomic E-state index is 0.0342. The smallest absolute Gasteiger partial charge is 0.408 e. The summed E-state index contributed by atoms with van der Waals surface area (Å²) in [6.45, 7) is 1.05. The van der Waals surface area contributed by atoms with Gasteiger partial charge in [0, 0.05) is 31.0 Å². The second-order valence-electron chi connectivity index (χ2n) is 7.41. The van der Waals surface area contributed by atoms with Gasteiger partial charge < -0.3 is 4.42 Å². The highest BCUT2D eigenvalue weighted by Crippen LogP contribution is 2.38. The molecule has 2 aromatic heterocycles. The quantitative estimate of drug-likeness (QED) is 0.677. The zero-order valence-electron chi connectivity index (χ0n) is 14.9. The molecule has 1 saturated heterocycles. The number of nitrogens with zero attached hydrogens (tertiary/aromatic N) is 3. The number of fused-ring (bicyclic) bond motifs is 1. The van der Waals surface area contributed by atoms with Crippen molar-refractivity contribution in [1.29, 1.82) is 0 Å². The minimum atomic E-state index is -3.67. The average molecular weight is 402 g/mol. The second kappa shape index (κ2) is 6.14. The summed E-state index contributed by atoms with van der Waals surface area (Å²) in [6.07, 6.45) is 2.21. The molecule has 10 heteroatoms. The number of H-pyrrole nitrogens is 1. The van der Waals surface area contributed by atoms with E-state index in [9.17, 15) is 18.0 Å². The third-order valence-electron chi connectivity index (χ3n) is 5.27. The molecule has 0 radical (unpaired) electrons. The van der Waals surface area contributed by atoms with Crippen LogP contribution in [0.25, 0.3) is 11.1 Å². The van der Waals surface area contributed by atoms with E-state index in [2.05, 4.69) is 10.1 Å². The Morgan fingerprint density at radius 3 is 2.68 bits per heavy atom. The highest BCUT2D eigenvalue weighted by Gasteiger charge is 2.37. The Morgan fingerprint density at radius 1 is 1.14 bits per heavy atom. The van der Waals surface area contributed by atoms with Crippen molar-refractivity contribution >= 4 is 21.1 Å². The number of aromatic nitrogens is 3. The van der Waals surface area contributed by atoms with Crippen molar-refractivity contribution in [2.45, 2.75) is 30.2 Å². The van der Waals surface area contributed by atoms with Crippen LogP contribution in [0.1, 0.15) is 24.5 Å². The van der Waals surface area contributed by atoms with Gasteiger partial charge in [-0.3, -0.25) is 9.78 Å². The first-order chi connectivity index (χ1) is 13.4. The molecule has 1 aliphatic heterocycles. The third-order valence-corrected chi connectivity index (χ3v) is 7.09. The normalized spacial score (nSPS) is 18.4. The predicted octanol–water partition coefficient (Wildman–Crippen LogP) is 0.876. The Kier molecular flexibility index (Phi) is 3.81. The van der Waals surface area contributed by atoms with E-state index in [1.165, 1.54) is 33.3 Å². The maximum atomic E-state index is 12.8. The Labute approximate surface area is 159 Å². The lowest BCUT2D eigenvalue weighted by Crippen LogP contribution is -2.52. The molecular formula is C18H18N4O5S. The Morgan fingerprint density at radius 2 is 1.93 bits per heavy atom. The van der Waals surface area contributed by atoms with Gasteiger partial charge in [-0.15, -0.1) is 0 Å². The van der Waals surface area contributed by atoms with E-state index in [1.54, 1.807) is 6.07 Å². The lowest BCUT2D eigenvalue weighted by atomic mass is 10.0. The van der Waals surface area contributed by atoms with Gasteiger partial charge >= 0.3 is 5.76 Å². The van der Waals surface area contributed by atoms with E-state index >= 15 is 0 Å². The van der Waals surface area contributed by atoms with Crippen LogP contribution in [0.5, 0.6) is 0 Å². The molecule has 28 heavy (non-hydrogen) atoms. The maximum absolute atomic E-state index is 12.8. The summed E-state index contributed by atoms with van der Waals surface area (Å²) in [7, 11) is -3.67. The van der Waals surface area contributed by atoms with Crippen LogP contribution in [-0.4, -0.2) is 40.6 Å². The number of hydrogen-bond donors (Lipinski definition) is 1. The molecule has 1 aliphatic carbocycles. The first kappa shape index (κ1) is 17.4. The number of rotatable bonds is 5. The van der Waals surface area contributed by atoms with Crippen molar-refractivity contribution in [1.82, 2.24) is 19.1 Å². The van der Waals surface area contributed by atoms with Gasteiger partial charge in [-0.2, -0.15) is 9.40 Å². The fraction of sp³-hybridized carbons (Fsp3) is 0.389. The number of aromatic amines is 1. The Balaban J connectivity index is 1.31. The zero-order chi connectivity index (χ0) is 19.5. The summed E-state index contributed by atoms with van der Waals surface area (Å²) >= 11 is 0. The van der Waals surface area contributed by atoms with Crippen LogP contribution in [0.2, 0.25) is 0 Å². The van der Waals surface area contributed by atoms with Crippen LogP contribution in [0.4, 0.5) is 0 Å². The summed E-state index contributed by atoms with van der Waals surface area (Å²) in [4.78, 5) is 25.9. The number of hydrogen-bond acceptors (Lipinski definition) is 6. The molecule has 2 fully saturated rings. The highest BCUT2D eigenvalue weighted by atomic mass is 32.2. The van der Waals surface area contributed by atoms with Crippen molar-refractivity contribution in [2.24, 2.45) is 5.92 Å². The van der Waals surface area contributed by atoms with Gasteiger partial charge in [0.15, 0.2) is 5.58 Å². The van der Waals surface area contributed by atoms with Gasteiger partial charge in [0.25, 0.3) is 5.56 Å². The summed E-state index contributed by atoms with van der Waals surface area (Å²) in [5, 5.41) is 4.43.